The van der Waals surface area contributed by atoms with Gasteiger partial charge in [0.25, 0.3) is 0 Å². The van der Waals surface area contributed by atoms with Gasteiger partial charge in [-0.15, -0.1) is 0 Å². The molecule has 0 nitrogen and oxygen atoms in total. The van der Waals surface area contributed by atoms with E-state index in [1.807, 2.05) is 0 Å². The van der Waals surface area contributed by atoms with Gasteiger partial charge in [0.15, 0.2) is 0 Å². The summed E-state index contributed by atoms with van der Waals surface area (Å²) in [7, 11) is 0. The van der Waals surface area contributed by atoms with Crippen molar-refractivity contribution in [3.8, 4) is 0 Å². The lowest BCUT2D eigenvalue weighted by Gasteiger charge is -2.22. The van der Waals surface area contributed by atoms with E-state index in [0.717, 1.165) is 0 Å². The van der Waals surface area contributed by atoms with E-state index in [4.69, 9.17) is 0 Å². The molecule has 3 rings (SSSR count). The van der Waals surface area contributed by atoms with Crippen LogP contribution in [0, 0.1) is 3.57 Å². The van der Waals surface area contributed by atoms with E-state index in [-0.39, 0.29) is 10.8 Å². The SMILES string of the molecule is CC(C)(C)c1ccc2c(I)c3cc(C(C)(C)C)ccc3c(Br)c2c1. The van der Waals surface area contributed by atoms with Crippen molar-refractivity contribution in [2.45, 2.75) is 52.4 Å². The summed E-state index contributed by atoms with van der Waals surface area (Å²) in [5.41, 5.74) is 3.07. The van der Waals surface area contributed by atoms with Crippen LogP contribution >= 0.6 is 38.5 Å². The van der Waals surface area contributed by atoms with Crippen LogP contribution in [-0.2, 0) is 10.8 Å². The Morgan fingerprint density at radius 3 is 1.62 bits per heavy atom. The highest BCUT2D eigenvalue weighted by Crippen LogP contribution is 2.40. The molecule has 0 fully saturated rings. The van der Waals surface area contributed by atoms with Gasteiger partial charge in [0, 0.05) is 8.04 Å². The number of halogens is 2. The zero-order valence-electron chi connectivity index (χ0n) is 15.2. The predicted octanol–water partition coefficient (Wildman–Crippen LogP) is 7.96. The van der Waals surface area contributed by atoms with E-state index in [1.54, 1.807) is 0 Å². The van der Waals surface area contributed by atoms with Gasteiger partial charge in [-0.3, -0.25) is 0 Å². The summed E-state index contributed by atoms with van der Waals surface area (Å²) < 4.78 is 2.55. The molecule has 0 heterocycles. The molecule has 0 aliphatic heterocycles. The average Bonchev–Trinajstić information content (AvgIpc) is 2.49. The Labute approximate surface area is 167 Å². The molecule has 0 unspecified atom stereocenters. The molecule has 0 aromatic heterocycles. The second kappa shape index (κ2) is 5.98. The highest BCUT2D eigenvalue weighted by Gasteiger charge is 2.19. The van der Waals surface area contributed by atoms with Crippen LogP contribution in [0.1, 0.15) is 52.7 Å². The van der Waals surface area contributed by atoms with E-state index in [9.17, 15) is 0 Å². The molecule has 0 spiro atoms. The van der Waals surface area contributed by atoms with Gasteiger partial charge in [-0.2, -0.15) is 0 Å². The maximum absolute atomic E-state index is 3.89. The quantitative estimate of drug-likeness (QED) is 0.219. The van der Waals surface area contributed by atoms with Crippen LogP contribution in [0.15, 0.2) is 40.9 Å². The second-order valence-electron chi connectivity index (χ2n) is 8.65. The van der Waals surface area contributed by atoms with Gasteiger partial charge in [-0.25, -0.2) is 0 Å². The molecule has 3 aromatic carbocycles. The van der Waals surface area contributed by atoms with Crippen molar-refractivity contribution in [2.75, 3.05) is 0 Å². The first-order valence-corrected chi connectivity index (χ1v) is 10.2. The summed E-state index contributed by atoms with van der Waals surface area (Å²) in [6.07, 6.45) is 0. The van der Waals surface area contributed by atoms with Crippen molar-refractivity contribution in [3.63, 3.8) is 0 Å². The molecule has 0 saturated carbocycles. The fourth-order valence-corrected chi connectivity index (χ4v) is 4.65. The van der Waals surface area contributed by atoms with Crippen LogP contribution in [0.3, 0.4) is 0 Å². The molecule has 0 saturated heterocycles. The molecule has 24 heavy (non-hydrogen) atoms. The van der Waals surface area contributed by atoms with Crippen LogP contribution in [0.25, 0.3) is 21.5 Å². The third-order valence-electron chi connectivity index (χ3n) is 4.72. The molecule has 0 aliphatic rings. The zero-order chi connectivity index (χ0) is 17.9. The lowest BCUT2D eigenvalue weighted by molar-refractivity contribution is 0.590. The molecule has 0 aliphatic carbocycles. The summed E-state index contributed by atoms with van der Waals surface area (Å²) in [4.78, 5) is 0. The molecule has 0 N–H and O–H groups in total. The zero-order valence-corrected chi connectivity index (χ0v) is 19.0. The number of rotatable bonds is 0. The normalized spacial score (nSPS) is 13.0. The Balaban J connectivity index is 2.39. The van der Waals surface area contributed by atoms with Crippen molar-refractivity contribution >= 4 is 60.1 Å². The summed E-state index contributed by atoms with van der Waals surface area (Å²) in [6, 6.07) is 13.8. The fourth-order valence-electron chi connectivity index (χ4n) is 3.06. The van der Waals surface area contributed by atoms with Crippen LogP contribution < -0.4 is 0 Å². The molecular weight excluding hydrogens is 471 g/mol. The minimum atomic E-state index is 0.157. The van der Waals surface area contributed by atoms with Gasteiger partial charge in [0.05, 0.1) is 0 Å². The largest absolute Gasteiger partial charge is 0.0578 e. The van der Waals surface area contributed by atoms with E-state index in [2.05, 4.69) is 116 Å². The van der Waals surface area contributed by atoms with Crippen molar-refractivity contribution in [2.24, 2.45) is 0 Å². The fraction of sp³-hybridized carbons (Fsp3) is 0.364. The number of hydrogen-bond donors (Lipinski definition) is 0. The van der Waals surface area contributed by atoms with Gasteiger partial charge in [0.1, 0.15) is 0 Å². The third kappa shape index (κ3) is 3.12. The minimum absolute atomic E-state index is 0.157. The molecule has 0 radical (unpaired) electrons. The molecule has 126 valence electrons. The molecular formula is C22H24BrI. The Kier molecular flexibility index (Phi) is 4.53. The van der Waals surface area contributed by atoms with E-state index < -0.39 is 0 Å². The highest BCUT2D eigenvalue weighted by atomic mass is 127. The first-order chi connectivity index (χ1) is 11.0. The third-order valence-corrected chi connectivity index (χ3v) is 6.73. The maximum Gasteiger partial charge on any atom is 0.0333 e. The Morgan fingerprint density at radius 1 is 0.667 bits per heavy atom. The first kappa shape index (κ1) is 18.2. The topological polar surface area (TPSA) is 0 Å². The average molecular weight is 495 g/mol. The molecule has 2 heteroatoms. The Bertz CT molecular complexity index is 861. The molecule has 0 amide bonds. The van der Waals surface area contributed by atoms with Crippen LogP contribution in [0.2, 0.25) is 0 Å². The van der Waals surface area contributed by atoms with Gasteiger partial charge in [-0.05, 0) is 94.2 Å². The predicted molar refractivity (Wildman–Crippen MR) is 119 cm³/mol. The summed E-state index contributed by atoms with van der Waals surface area (Å²) in [5, 5.41) is 5.27. The number of fused-ring (bicyclic) bond motifs is 2. The first-order valence-electron chi connectivity index (χ1n) is 8.35. The standard InChI is InChI=1S/C22H24BrI/c1-21(2,3)13-8-10-16-17(11-13)19(23)15-9-7-14(22(4,5)6)12-18(15)20(16)24/h7-12H,1-6H3. The molecule has 0 atom stereocenters. The highest BCUT2D eigenvalue weighted by molar-refractivity contribution is 14.1. The summed E-state index contributed by atoms with van der Waals surface area (Å²) in [6.45, 7) is 13.6. The van der Waals surface area contributed by atoms with Crippen molar-refractivity contribution in [3.05, 3.63) is 55.6 Å². The van der Waals surface area contributed by atoms with Crippen LogP contribution in [0.4, 0.5) is 0 Å². The van der Waals surface area contributed by atoms with Gasteiger partial charge in [-0.1, -0.05) is 65.8 Å². The van der Waals surface area contributed by atoms with Gasteiger partial charge >= 0.3 is 0 Å². The Morgan fingerprint density at radius 2 is 1.12 bits per heavy atom. The van der Waals surface area contributed by atoms with Gasteiger partial charge in [0.2, 0.25) is 0 Å². The number of hydrogen-bond acceptors (Lipinski definition) is 0. The smallest absolute Gasteiger partial charge is 0.0333 e. The lowest BCUT2D eigenvalue weighted by Crippen LogP contribution is -2.11. The van der Waals surface area contributed by atoms with E-state index in [1.165, 1.54) is 40.7 Å². The van der Waals surface area contributed by atoms with Crippen LogP contribution in [0.5, 0.6) is 0 Å². The summed E-state index contributed by atoms with van der Waals surface area (Å²) in [5.74, 6) is 0. The lowest BCUT2D eigenvalue weighted by atomic mass is 9.84. The summed E-state index contributed by atoms with van der Waals surface area (Å²) >= 11 is 6.40. The van der Waals surface area contributed by atoms with Crippen LogP contribution in [-0.4, -0.2) is 0 Å². The second-order valence-corrected chi connectivity index (χ2v) is 10.5. The maximum atomic E-state index is 3.89. The van der Waals surface area contributed by atoms with Crippen molar-refractivity contribution in [1.29, 1.82) is 0 Å². The van der Waals surface area contributed by atoms with Crippen molar-refractivity contribution in [1.82, 2.24) is 0 Å². The van der Waals surface area contributed by atoms with Crippen molar-refractivity contribution < 1.29 is 0 Å². The van der Waals surface area contributed by atoms with E-state index in [0.29, 0.717) is 0 Å². The minimum Gasteiger partial charge on any atom is -0.0578 e. The molecule has 3 aromatic rings. The Hall–Kier alpha value is -0.610. The number of benzene rings is 3. The van der Waals surface area contributed by atoms with Gasteiger partial charge < -0.3 is 0 Å². The monoisotopic (exact) mass is 494 g/mol. The molecule has 0 bridgehead atoms. The van der Waals surface area contributed by atoms with E-state index >= 15 is 0 Å².